The topological polar surface area (TPSA) is 103 Å². The Bertz CT molecular complexity index is 1860. The number of para-hydroxylation sites is 2. The lowest BCUT2D eigenvalue weighted by molar-refractivity contribution is -0.129. The number of fused-ring (bicyclic) bond motifs is 2. The predicted octanol–water partition coefficient (Wildman–Crippen LogP) is 8.11. The van der Waals surface area contributed by atoms with Crippen molar-refractivity contribution >= 4 is 34.0 Å². The largest absolute Gasteiger partial charge is 0.487 e. The molecule has 236 valence electrons. The highest BCUT2D eigenvalue weighted by Crippen LogP contribution is 2.38. The predicted molar refractivity (Wildman–Crippen MR) is 183 cm³/mol. The standard InChI is InChI=1S/C39H35N3O5/c1-39(23-6-24-47-40-25-38(43)44,30-13-19-34(20-14-30)45-26-32-17-11-28-7-2-4-9-36(28)41-32)31-15-21-35(22-16-31)46-27-33-18-12-29-8-3-5-10-37(29)42-33/h2-5,7-22,25H,6,23-24,26-27H2,1H3,(H,43,44). The number of aromatic nitrogens is 2. The van der Waals surface area contributed by atoms with E-state index < -0.39 is 5.97 Å². The second-order valence-corrected chi connectivity index (χ2v) is 11.5. The van der Waals surface area contributed by atoms with Gasteiger partial charge in [0.15, 0.2) is 6.21 Å². The zero-order valence-corrected chi connectivity index (χ0v) is 26.1. The fraction of sp³-hybridized carbons (Fsp3) is 0.179. The molecule has 6 aromatic rings. The summed E-state index contributed by atoms with van der Waals surface area (Å²) in [7, 11) is 0. The molecule has 0 unspecified atom stereocenters. The molecule has 0 atom stereocenters. The van der Waals surface area contributed by atoms with Crippen LogP contribution in [-0.2, 0) is 28.3 Å². The summed E-state index contributed by atoms with van der Waals surface area (Å²) in [5.41, 5.74) is 5.45. The van der Waals surface area contributed by atoms with E-state index in [1.165, 1.54) is 0 Å². The van der Waals surface area contributed by atoms with Crippen LogP contribution in [0.2, 0.25) is 0 Å². The SMILES string of the molecule is CC(CCCON=CC(=O)O)(c1ccc(OCc2ccc3ccccc3n2)cc1)c1ccc(OCc2ccc3ccccc3n2)cc1. The van der Waals surface area contributed by atoms with Crippen LogP contribution in [0, 0.1) is 0 Å². The van der Waals surface area contributed by atoms with Gasteiger partial charge in [0, 0.05) is 16.2 Å². The molecule has 0 saturated carbocycles. The van der Waals surface area contributed by atoms with E-state index in [4.69, 9.17) is 29.4 Å². The number of carbonyl (C=O) groups is 1. The minimum atomic E-state index is -1.15. The fourth-order valence-corrected chi connectivity index (χ4v) is 5.61. The Labute approximate surface area is 273 Å². The van der Waals surface area contributed by atoms with Crippen LogP contribution in [0.5, 0.6) is 11.5 Å². The van der Waals surface area contributed by atoms with E-state index in [2.05, 4.69) is 48.5 Å². The molecule has 0 saturated heterocycles. The molecule has 47 heavy (non-hydrogen) atoms. The smallest absolute Gasteiger partial charge is 0.350 e. The summed E-state index contributed by atoms with van der Waals surface area (Å²) in [6, 6.07) is 40.4. The van der Waals surface area contributed by atoms with Crippen molar-refractivity contribution < 1.29 is 24.2 Å². The molecule has 8 nitrogen and oxygen atoms in total. The molecule has 2 aromatic heterocycles. The van der Waals surface area contributed by atoms with E-state index in [-0.39, 0.29) is 5.41 Å². The van der Waals surface area contributed by atoms with Gasteiger partial charge < -0.3 is 19.4 Å². The van der Waals surface area contributed by atoms with Gasteiger partial charge in [-0.2, -0.15) is 0 Å². The van der Waals surface area contributed by atoms with Gasteiger partial charge in [-0.15, -0.1) is 0 Å². The lowest BCUT2D eigenvalue weighted by Crippen LogP contribution is -2.24. The average molecular weight is 626 g/mol. The van der Waals surface area contributed by atoms with Crippen molar-refractivity contribution in [2.24, 2.45) is 5.16 Å². The molecule has 8 heteroatoms. The maximum absolute atomic E-state index is 10.7. The Morgan fingerprint density at radius 3 is 1.68 bits per heavy atom. The minimum Gasteiger partial charge on any atom is -0.487 e. The van der Waals surface area contributed by atoms with E-state index >= 15 is 0 Å². The monoisotopic (exact) mass is 625 g/mol. The summed E-state index contributed by atoms with van der Waals surface area (Å²) >= 11 is 0. The highest BCUT2D eigenvalue weighted by Gasteiger charge is 2.29. The first-order valence-electron chi connectivity index (χ1n) is 15.5. The zero-order chi connectivity index (χ0) is 32.5. The van der Waals surface area contributed by atoms with E-state index in [9.17, 15) is 4.79 Å². The molecule has 0 spiro atoms. The number of aliphatic carboxylic acids is 1. The van der Waals surface area contributed by atoms with Crippen molar-refractivity contribution in [2.45, 2.75) is 38.4 Å². The molecule has 0 amide bonds. The molecule has 4 aromatic carbocycles. The third-order valence-electron chi connectivity index (χ3n) is 8.22. The van der Waals surface area contributed by atoms with Crippen molar-refractivity contribution in [1.29, 1.82) is 0 Å². The van der Waals surface area contributed by atoms with Crippen LogP contribution in [0.4, 0.5) is 0 Å². The highest BCUT2D eigenvalue weighted by atomic mass is 16.6. The van der Waals surface area contributed by atoms with Crippen LogP contribution < -0.4 is 9.47 Å². The van der Waals surface area contributed by atoms with Gasteiger partial charge >= 0.3 is 5.97 Å². The van der Waals surface area contributed by atoms with Crippen molar-refractivity contribution in [3.63, 3.8) is 0 Å². The molecular weight excluding hydrogens is 590 g/mol. The van der Waals surface area contributed by atoms with Gasteiger partial charge in [-0.1, -0.05) is 84.9 Å². The van der Waals surface area contributed by atoms with Crippen LogP contribution in [0.1, 0.15) is 42.3 Å². The number of oxime groups is 1. The van der Waals surface area contributed by atoms with Gasteiger partial charge in [-0.3, -0.25) is 0 Å². The Hall–Kier alpha value is -5.76. The Kier molecular flexibility index (Phi) is 9.67. The molecule has 6 rings (SSSR count). The van der Waals surface area contributed by atoms with Gasteiger partial charge in [0.25, 0.3) is 0 Å². The summed E-state index contributed by atoms with van der Waals surface area (Å²) in [5.74, 6) is 0.360. The number of nitrogens with zero attached hydrogens (tertiary/aromatic N) is 3. The molecule has 2 heterocycles. The molecule has 0 aliphatic carbocycles. The summed E-state index contributed by atoms with van der Waals surface area (Å²) in [6.45, 7) is 3.22. The summed E-state index contributed by atoms with van der Waals surface area (Å²) in [5, 5.41) is 14.5. The molecule has 0 radical (unpaired) electrons. The van der Waals surface area contributed by atoms with E-state index in [0.29, 0.717) is 26.2 Å². The number of carboxylic acid groups (broad SMARTS) is 1. The van der Waals surface area contributed by atoms with E-state index in [0.717, 1.165) is 68.5 Å². The molecule has 0 fully saturated rings. The summed E-state index contributed by atoms with van der Waals surface area (Å²) in [6.07, 6.45) is 2.14. The maximum atomic E-state index is 10.7. The summed E-state index contributed by atoms with van der Waals surface area (Å²) < 4.78 is 12.2. The Balaban J connectivity index is 1.15. The molecule has 0 aliphatic heterocycles. The van der Waals surface area contributed by atoms with E-state index in [1.54, 1.807) is 0 Å². The second-order valence-electron chi connectivity index (χ2n) is 11.5. The minimum absolute atomic E-state index is 0.291. The average Bonchev–Trinajstić information content (AvgIpc) is 3.11. The third kappa shape index (κ3) is 7.91. The fourth-order valence-electron chi connectivity index (χ4n) is 5.61. The van der Waals surface area contributed by atoms with Crippen LogP contribution in [0.3, 0.4) is 0 Å². The van der Waals surface area contributed by atoms with Crippen LogP contribution in [-0.4, -0.2) is 33.9 Å². The first-order valence-corrected chi connectivity index (χ1v) is 15.5. The van der Waals surface area contributed by atoms with Crippen LogP contribution in [0.25, 0.3) is 21.8 Å². The van der Waals surface area contributed by atoms with Gasteiger partial charge in [-0.25, -0.2) is 14.8 Å². The molecule has 1 N–H and O–H groups in total. The Morgan fingerprint density at radius 1 is 0.702 bits per heavy atom. The lowest BCUT2D eigenvalue weighted by Gasteiger charge is -2.31. The lowest BCUT2D eigenvalue weighted by atomic mass is 9.73. The first kappa shape index (κ1) is 31.2. The van der Waals surface area contributed by atoms with Crippen molar-refractivity contribution in [3.05, 3.63) is 144 Å². The molecule has 0 bridgehead atoms. The number of hydrogen-bond acceptors (Lipinski definition) is 7. The van der Waals surface area contributed by atoms with Gasteiger partial charge in [0.05, 0.1) is 22.4 Å². The second kappa shape index (κ2) is 14.6. The van der Waals surface area contributed by atoms with Gasteiger partial charge in [0.1, 0.15) is 31.3 Å². The zero-order valence-electron chi connectivity index (χ0n) is 26.1. The maximum Gasteiger partial charge on any atom is 0.350 e. The number of carboxylic acids is 1. The van der Waals surface area contributed by atoms with Crippen LogP contribution >= 0.6 is 0 Å². The number of benzene rings is 4. The van der Waals surface area contributed by atoms with Gasteiger partial charge in [0.2, 0.25) is 0 Å². The van der Waals surface area contributed by atoms with Crippen molar-refractivity contribution in [3.8, 4) is 11.5 Å². The molecule has 0 aliphatic rings. The quantitative estimate of drug-likeness (QED) is 0.0741. The third-order valence-corrected chi connectivity index (χ3v) is 8.22. The highest BCUT2D eigenvalue weighted by molar-refractivity contribution is 6.21. The number of pyridine rings is 2. The van der Waals surface area contributed by atoms with Crippen molar-refractivity contribution in [1.82, 2.24) is 9.97 Å². The normalized spacial score (nSPS) is 11.6. The molecular formula is C39H35N3O5. The first-order chi connectivity index (χ1) is 23.0. The summed E-state index contributed by atoms with van der Waals surface area (Å²) in [4.78, 5) is 25.3. The number of hydrogen-bond donors (Lipinski definition) is 1. The number of ether oxygens (including phenoxy) is 2. The van der Waals surface area contributed by atoms with Gasteiger partial charge in [-0.05, 0) is 72.5 Å². The van der Waals surface area contributed by atoms with Crippen LogP contribution in [0.15, 0.2) is 126 Å². The number of rotatable bonds is 14. The van der Waals surface area contributed by atoms with E-state index in [1.807, 2.05) is 84.9 Å². The van der Waals surface area contributed by atoms with Crippen molar-refractivity contribution in [2.75, 3.05) is 6.61 Å². The Morgan fingerprint density at radius 2 is 1.19 bits per heavy atom.